The Hall–Kier alpha value is -1.61. The minimum Gasteiger partial charge on any atom is -0.381 e. The van der Waals surface area contributed by atoms with Crippen LogP contribution in [-0.2, 0) is 16.6 Å². The summed E-state index contributed by atoms with van der Waals surface area (Å²) in [6, 6.07) is 0. The number of hydrogen-bond acceptors (Lipinski definition) is 6. The molecule has 116 valence electrons. The number of nitrogens with zero attached hydrogens (tertiary/aromatic N) is 3. The minimum absolute atomic E-state index is 0.00316. The summed E-state index contributed by atoms with van der Waals surface area (Å²) in [6.45, 7) is 6.60. The number of aromatic nitrogens is 3. The number of rotatable bonds is 6. The Labute approximate surface area is 128 Å². The van der Waals surface area contributed by atoms with E-state index in [-0.39, 0.29) is 16.6 Å². The number of nitrogens with two attached hydrogens (primary N) is 1. The maximum atomic E-state index is 12.3. The quantitative estimate of drug-likeness (QED) is 0.846. The van der Waals surface area contributed by atoms with E-state index in [1.54, 1.807) is 0 Å². The fraction of sp³-hybridized carbons (Fsp3) is 0.500. The van der Waals surface area contributed by atoms with Gasteiger partial charge in [0.25, 0.3) is 10.0 Å². The summed E-state index contributed by atoms with van der Waals surface area (Å²) in [5.41, 5.74) is 6.55. The van der Waals surface area contributed by atoms with Crippen LogP contribution < -0.4 is 10.5 Å². The van der Waals surface area contributed by atoms with E-state index in [0.717, 1.165) is 12.1 Å². The zero-order valence-corrected chi connectivity index (χ0v) is 13.8. The van der Waals surface area contributed by atoms with E-state index in [1.165, 1.54) is 22.2 Å². The van der Waals surface area contributed by atoms with E-state index in [4.69, 9.17) is 5.73 Å². The van der Waals surface area contributed by atoms with E-state index < -0.39 is 10.0 Å². The standard InChI is InChI=1S/C12H19N5O2S2/c1-4-5-17-6-10(11(13)15-17)21(18,19)16-12-14-9(7-20-12)8(2)3/h6-8H,4-5H2,1-3H3,(H2,13,15)(H,14,16). The third-order valence-corrected chi connectivity index (χ3v) is 5.09. The van der Waals surface area contributed by atoms with Gasteiger partial charge in [0.05, 0.1) is 5.69 Å². The summed E-state index contributed by atoms with van der Waals surface area (Å²) in [4.78, 5) is 4.24. The molecule has 0 aliphatic rings. The molecule has 0 aliphatic carbocycles. The van der Waals surface area contributed by atoms with Gasteiger partial charge in [-0.1, -0.05) is 20.8 Å². The smallest absolute Gasteiger partial charge is 0.268 e. The van der Waals surface area contributed by atoms with Gasteiger partial charge in [-0.15, -0.1) is 11.3 Å². The van der Waals surface area contributed by atoms with Gasteiger partial charge in [0.2, 0.25) is 0 Å². The van der Waals surface area contributed by atoms with Crippen LogP contribution in [0.1, 0.15) is 38.8 Å². The van der Waals surface area contributed by atoms with Crippen molar-refractivity contribution in [1.29, 1.82) is 0 Å². The number of aryl methyl sites for hydroxylation is 1. The summed E-state index contributed by atoms with van der Waals surface area (Å²) in [5, 5.41) is 6.17. The van der Waals surface area contributed by atoms with Crippen LogP contribution in [0.2, 0.25) is 0 Å². The average Bonchev–Trinajstić information content (AvgIpc) is 2.96. The molecule has 7 nitrogen and oxygen atoms in total. The van der Waals surface area contributed by atoms with Gasteiger partial charge in [0.1, 0.15) is 4.90 Å². The minimum atomic E-state index is -3.76. The Morgan fingerprint density at radius 2 is 2.19 bits per heavy atom. The van der Waals surface area contributed by atoms with Gasteiger partial charge in [0.15, 0.2) is 10.9 Å². The van der Waals surface area contributed by atoms with Crippen LogP contribution >= 0.6 is 11.3 Å². The molecule has 2 rings (SSSR count). The molecule has 0 bridgehead atoms. The second kappa shape index (κ2) is 6.02. The largest absolute Gasteiger partial charge is 0.381 e. The Morgan fingerprint density at radius 3 is 2.76 bits per heavy atom. The maximum Gasteiger partial charge on any atom is 0.268 e. The van der Waals surface area contributed by atoms with Crippen molar-refractivity contribution in [1.82, 2.24) is 14.8 Å². The zero-order chi connectivity index (χ0) is 15.6. The highest BCUT2D eigenvalue weighted by Crippen LogP contribution is 2.25. The molecule has 0 saturated carbocycles. The molecule has 0 saturated heterocycles. The summed E-state index contributed by atoms with van der Waals surface area (Å²) in [5.74, 6) is 0.244. The predicted molar refractivity (Wildman–Crippen MR) is 83.9 cm³/mol. The third-order valence-electron chi connectivity index (χ3n) is 2.83. The Balaban J connectivity index is 2.25. The topological polar surface area (TPSA) is 103 Å². The van der Waals surface area contributed by atoms with Crippen molar-refractivity contribution < 1.29 is 8.42 Å². The van der Waals surface area contributed by atoms with E-state index in [1.807, 2.05) is 26.2 Å². The lowest BCUT2D eigenvalue weighted by Crippen LogP contribution is -2.13. The molecule has 0 aliphatic heterocycles. The first kappa shape index (κ1) is 15.8. The summed E-state index contributed by atoms with van der Waals surface area (Å²) in [7, 11) is -3.76. The van der Waals surface area contributed by atoms with Crippen molar-refractivity contribution in [3.63, 3.8) is 0 Å². The van der Waals surface area contributed by atoms with Gasteiger partial charge < -0.3 is 5.73 Å². The number of thiazole rings is 1. The molecule has 3 N–H and O–H groups in total. The first-order valence-electron chi connectivity index (χ1n) is 6.64. The zero-order valence-electron chi connectivity index (χ0n) is 12.2. The van der Waals surface area contributed by atoms with Gasteiger partial charge in [-0.3, -0.25) is 9.40 Å². The van der Waals surface area contributed by atoms with Crippen LogP contribution in [0, 0.1) is 0 Å². The molecule has 0 radical (unpaired) electrons. The van der Waals surface area contributed by atoms with Crippen molar-refractivity contribution in [3.8, 4) is 0 Å². The lowest BCUT2D eigenvalue weighted by molar-refractivity contribution is 0.595. The summed E-state index contributed by atoms with van der Waals surface area (Å²) < 4.78 is 28.7. The molecule has 0 fully saturated rings. The lowest BCUT2D eigenvalue weighted by Gasteiger charge is -2.03. The van der Waals surface area contributed by atoms with Crippen molar-refractivity contribution in [2.24, 2.45) is 0 Å². The van der Waals surface area contributed by atoms with Gasteiger partial charge >= 0.3 is 0 Å². The number of sulfonamides is 1. The van der Waals surface area contributed by atoms with Gasteiger partial charge in [0, 0.05) is 18.1 Å². The first-order valence-corrected chi connectivity index (χ1v) is 9.01. The normalized spacial score (nSPS) is 12.0. The van der Waals surface area contributed by atoms with E-state index >= 15 is 0 Å². The van der Waals surface area contributed by atoms with Crippen LogP contribution in [-0.4, -0.2) is 23.2 Å². The maximum absolute atomic E-state index is 12.3. The number of anilines is 2. The van der Waals surface area contributed by atoms with Crippen LogP contribution in [0.25, 0.3) is 0 Å². The molecule has 0 unspecified atom stereocenters. The number of nitrogen functional groups attached to an aromatic ring is 1. The average molecular weight is 329 g/mol. The fourth-order valence-corrected chi connectivity index (χ4v) is 3.94. The first-order chi connectivity index (χ1) is 9.83. The van der Waals surface area contributed by atoms with Gasteiger partial charge in [-0.2, -0.15) is 5.10 Å². The second-order valence-electron chi connectivity index (χ2n) is 4.98. The highest BCUT2D eigenvalue weighted by Gasteiger charge is 2.22. The molecule has 0 atom stereocenters. The molecule has 9 heteroatoms. The monoisotopic (exact) mass is 329 g/mol. The highest BCUT2D eigenvalue weighted by molar-refractivity contribution is 7.93. The summed E-state index contributed by atoms with van der Waals surface area (Å²) in [6.07, 6.45) is 2.29. The third kappa shape index (κ3) is 3.53. The van der Waals surface area contributed by atoms with Crippen LogP contribution in [0.3, 0.4) is 0 Å². The molecule has 2 aromatic heterocycles. The van der Waals surface area contributed by atoms with Gasteiger partial charge in [-0.05, 0) is 12.3 Å². The van der Waals surface area contributed by atoms with Crippen molar-refractivity contribution in [3.05, 3.63) is 17.3 Å². The second-order valence-corrected chi connectivity index (χ2v) is 7.49. The fourth-order valence-electron chi connectivity index (χ4n) is 1.74. The Kier molecular flexibility index (Phi) is 4.52. The van der Waals surface area contributed by atoms with Crippen molar-refractivity contribution in [2.75, 3.05) is 10.5 Å². The van der Waals surface area contributed by atoms with E-state index in [0.29, 0.717) is 11.7 Å². The molecule has 0 amide bonds. The van der Waals surface area contributed by atoms with Crippen LogP contribution in [0.15, 0.2) is 16.5 Å². The summed E-state index contributed by atoms with van der Waals surface area (Å²) >= 11 is 1.25. The van der Waals surface area contributed by atoms with Gasteiger partial charge in [-0.25, -0.2) is 13.4 Å². The molecular formula is C12H19N5O2S2. The highest BCUT2D eigenvalue weighted by atomic mass is 32.2. The van der Waals surface area contributed by atoms with Crippen LogP contribution in [0.4, 0.5) is 10.9 Å². The molecule has 2 heterocycles. The van der Waals surface area contributed by atoms with Crippen LogP contribution in [0.5, 0.6) is 0 Å². The molecule has 0 aromatic carbocycles. The lowest BCUT2D eigenvalue weighted by atomic mass is 10.2. The van der Waals surface area contributed by atoms with Crippen molar-refractivity contribution in [2.45, 2.75) is 44.6 Å². The molecule has 0 spiro atoms. The Morgan fingerprint density at radius 1 is 1.48 bits per heavy atom. The SMILES string of the molecule is CCCn1cc(S(=O)(=O)Nc2nc(C(C)C)cs2)c(N)n1. The molecule has 21 heavy (non-hydrogen) atoms. The molecular weight excluding hydrogens is 310 g/mol. The molecule has 2 aromatic rings. The van der Waals surface area contributed by atoms with Crippen molar-refractivity contribution >= 4 is 32.3 Å². The Bertz CT molecular complexity index is 718. The number of hydrogen-bond donors (Lipinski definition) is 2. The van der Waals surface area contributed by atoms with E-state index in [9.17, 15) is 8.42 Å². The number of nitrogens with one attached hydrogen (secondary N) is 1. The predicted octanol–water partition coefficient (Wildman–Crippen LogP) is 2.26. The van der Waals surface area contributed by atoms with E-state index in [2.05, 4.69) is 14.8 Å².